The molecule has 0 spiro atoms. The molecule has 0 fully saturated rings. The van der Waals surface area contributed by atoms with Crippen molar-refractivity contribution in [1.29, 1.82) is 0 Å². The molecule has 1 N–H and O–H groups in total. The first-order valence-corrected chi connectivity index (χ1v) is 18.6. The smallest absolute Gasteiger partial charge is 0.0794 e. The lowest BCUT2D eigenvalue weighted by molar-refractivity contribution is -0.890. The number of rotatable bonds is 34. The summed E-state index contributed by atoms with van der Waals surface area (Å²) in [4.78, 5) is 0. The molecule has 0 aliphatic heterocycles. The van der Waals surface area contributed by atoms with Crippen LogP contribution in [0.5, 0.6) is 0 Å². The molecule has 0 heterocycles. The fourth-order valence-electron chi connectivity index (χ4n) is 6.05. The van der Waals surface area contributed by atoms with Crippen LogP contribution in [0.2, 0.25) is 0 Å². The average molecular weight is 588 g/mol. The molecule has 0 aromatic rings. The quantitative estimate of drug-likeness (QED) is 0.0585. The van der Waals surface area contributed by atoms with Gasteiger partial charge in [0.05, 0.1) is 27.2 Å². The minimum absolute atomic E-state index is 0. The Bertz CT molecular complexity index is 440. The highest BCUT2D eigenvalue weighted by Gasteiger charge is 2.13. The van der Waals surface area contributed by atoms with Gasteiger partial charge in [-0.2, -0.15) is 0 Å². The van der Waals surface area contributed by atoms with E-state index in [1.807, 2.05) is 0 Å². The number of halogens is 1. The van der Waals surface area contributed by atoms with Crippen molar-refractivity contribution in [1.82, 2.24) is 5.32 Å². The summed E-state index contributed by atoms with van der Waals surface area (Å²) in [6, 6.07) is 0. The standard InChI is InChI=1S/C37H79N2.ClH/c1-5-7-9-11-13-15-17-19-20-21-22-23-25-27-29-31-34-38-35-33-37-39(3,4)36-32-30-28-26-24-18-16-14-12-10-8-6-2;/h38H,5-37H2,1-4H3;1H/q+1;/p-1. The van der Waals surface area contributed by atoms with Crippen molar-refractivity contribution in [2.45, 2.75) is 200 Å². The maximum atomic E-state index is 3.71. The molecular formula is C37H79ClN2. The van der Waals surface area contributed by atoms with Gasteiger partial charge >= 0.3 is 0 Å². The molecule has 0 radical (unpaired) electrons. The van der Waals surface area contributed by atoms with E-state index in [2.05, 4.69) is 33.3 Å². The van der Waals surface area contributed by atoms with Crippen molar-refractivity contribution in [2.24, 2.45) is 0 Å². The monoisotopic (exact) mass is 587 g/mol. The summed E-state index contributed by atoms with van der Waals surface area (Å²) in [7, 11) is 4.88. The SMILES string of the molecule is CCCCCCCCCCCCCCCCCCNCCC[N+](C)(C)CCCCCCCCCCCCCC.[Cl-]. The van der Waals surface area contributed by atoms with Crippen LogP contribution in [0.1, 0.15) is 200 Å². The zero-order valence-corrected chi connectivity index (χ0v) is 29.4. The second-order valence-corrected chi connectivity index (χ2v) is 13.7. The van der Waals surface area contributed by atoms with Crippen molar-refractivity contribution in [3.8, 4) is 0 Å². The predicted octanol–water partition coefficient (Wildman–Crippen LogP) is 9.01. The van der Waals surface area contributed by atoms with Crippen LogP contribution in [0.3, 0.4) is 0 Å². The second-order valence-electron chi connectivity index (χ2n) is 13.7. The molecule has 0 rings (SSSR count). The zero-order chi connectivity index (χ0) is 28.5. The van der Waals surface area contributed by atoms with Gasteiger partial charge in [-0.15, -0.1) is 0 Å². The second kappa shape index (κ2) is 35.4. The molecule has 0 unspecified atom stereocenters. The summed E-state index contributed by atoms with van der Waals surface area (Å²) in [5.74, 6) is 0. The molecule has 3 heteroatoms. The normalized spacial score (nSPS) is 11.7. The fraction of sp³-hybridized carbons (Fsp3) is 1.00. The highest BCUT2D eigenvalue weighted by atomic mass is 35.5. The minimum atomic E-state index is 0. The van der Waals surface area contributed by atoms with E-state index in [0.717, 1.165) is 0 Å². The first kappa shape index (κ1) is 42.3. The van der Waals surface area contributed by atoms with Gasteiger partial charge < -0.3 is 22.2 Å². The summed E-state index contributed by atoms with van der Waals surface area (Å²) < 4.78 is 1.21. The van der Waals surface area contributed by atoms with E-state index < -0.39 is 0 Å². The van der Waals surface area contributed by atoms with Crippen molar-refractivity contribution in [2.75, 3.05) is 40.3 Å². The molecule has 0 amide bonds. The van der Waals surface area contributed by atoms with Gasteiger partial charge in [0, 0.05) is 13.0 Å². The summed E-state index contributed by atoms with van der Waals surface area (Å²) in [5, 5.41) is 3.71. The van der Waals surface area contributed by atoms with Crippen LogP contribution in [0.25, 0.3) is 0 Å². The Morgan fingerprint density at radius 2 is 0.575 bits per heavy atom. The third-order valence-corrected chi connectivity index (χ3v) is 8.94. The number of nitrogens with one attached hydrogen (secondary N) is 1. The minimum Gasteiger partial charge on any atom is -1.00 e. The Kier molecular flexibility index (Phi) is 37.5. The van der Waals surface area contributed by atoms with Gasteiger partial charge in [0.2, 0.25) is 0 Å². The third-order valence-electron chi connectivity index (χ3n) is 8.94. The number of unbranched alkanes of at least 4 members (excludes halogenated alkanes) is 26. The van der Waals surface area contributed by atoms with Crippen molar-refractivity contribution >= 4 is 0 Å². The average Bonchev–Trinajstić information content (AvgIpc) is 2.92. The lowest BCUT2D eigenvalue weighted by Crippen LogP contribution is -3.00. The Morgan fingerprint density at radius 3 is 0.925 bits per heavy atom. The number of quaternary nitrogens is 1. The highest BCUT2D eigenvalue weighted by molar-refractivity contribution is 4.53. The molecule has 0 saturated heterocycles. The van der Waals surface area contributed by atoms with Crippen LogP contribution in [-0.4, -0.2) is 44.8 Å². The van der Waals surface area contributed by atoms with E-state index in [1.165, 1.54) is 217 Å². The maximum Gasteiger partial charge on any atom is 0.0794 e. The number of nitrogens with zero attached hydrogens (tertiary/aromatic N) is 1. The predicted molar refractivity (Wildman–Crippen MR) is 180 cm³/mol. The van der Waals surface area contributed by atoms with Gasteiger partial charge in [0.15, 0.2) is 0 Å². The first-order chi connectivity index (χ1) is 19.1. The zero-order valence-electron chi connectivity index (χ0n) is 28.7. The third kappa shape index (κ3) is 36.2. The van der Waals surface area contributed by atoms with Crippen molar-refractivity contribution in [3.05, 3.63) is 0 Å². The Labute approximate surface area is 262 Å². The van der Waals surface area contributed by atoms with Crippen molar-refractivity contribution in [3.63, 3.8) is 0 Å². The van der Waals surface area contributed by atoms with Gasteiger partial charge in [0.25, 0.3) is 0 Å². The van der Waals surface area contributed by atoms with Gasteiger partial charge in [-0.1, -0.05) is 174 Å². The van der Waals surface area contributed by atoms with Crippen LogP contribution in [0.15, 0.2) is 0 Å². The molecular weight excluding hydrogens is 508 g/mol. The van der Waals surface area contributed by atoms with Gasteiger partial charge in [-0.3, -0.25) is 0 Å². The van der Waals surface area contributed by atoms with E-state index in [4.69, 9.17) is 0 Å². The molecule has 244 valence electrons. The van der Waals surface area contributed by atoms with Gasteiger partial charge in [-0.05, 0) is 25.8 Å². The Balaban J connectivity index is 0. The van der Waals surface area contributed by atoms with Crippen LogP contribution in [0.4, 0.5) is 0 Å². The van der Waals surface area contributed by atoms with Crippen LogP contribution in [-0.2, 0) is 0 Å². The molecule has 0 aromatic carbocycles. The van der Waals surface area contributed by atoms with E-state index in [9.17, 15) is 0 Å². The molecule has 40 heavy (non-hydrogen) atoms. The highest BCUT2D eigenvalue weighted by Crippen LogP contribution is 2.14. The summed E-state index contributed by atoms with van der Waals surface area (Å²) in [6.45, 7) is 9.73. The Hall–Kier alpha value is 0.210. The molecule has 0 bridgehead atoms. The molecule has 0 aliphatic carbocycles. The molecule has 0 aromatic heterocycles. The van der Waals surface area contributed by atoms with E-state index in [0.29, 0.717) is 0 Å². The van der Waals surface area contributed by atoms with E-state index >= 15 is 0 Å². The van der Waals surface area contributed by atoms with Crippen LogP contribution in [0, 0.1) is 0 Å². The van der Waals surface area contributed by atoms with Crippen LogP contribution >= 0.6 is 0 Å². The number of hydrogen-bond acceptors (Lipinski definition) is 1. The summed E-state index contributed by atoms with van der Waals surface area (Å²) in [5.41, 5.74) is 0. The largest absolute Gasteiger partial charge is 1.00 e. The van der Waals surface area contributed by atoms with Gasteiger partial charge in [0.1, 0.15) is 0 Å². The molecule has 2 nitrogen and oxygen atoms in total. The first-order valence-electron chi connectivity index (χ1n) is 18.6. The topological polar surface area (TPSA) is 12.0 Å². The molecule has 0 aliphatic rings. The lowest BCUT2D eigenvalue weighted by Gasteiger charge is -2.30. The number of hydrogen-bond donors (Lipinski definition) is 1. The summed E-state index contributed by atoms with van der Waals surface area (Å²) >= 11 is 0. The van der Waals surface area contributed by atoms with Crippen LogP contribution < -0.4 is 17.7 Å². The lowest BCUT2D eigenvalue weighted by atomic mass is 10.0. The maximum absolute atomic E-state index is 3.71. The Morgan fingerprint density at radius 1 is 0.325 bits per heavy atom. The summed E-state index contributed by atoms with van der Waals surface area (Å²) in [6.07, 6.45) is 42.0. The fourth-order valence-corrected chi connectivity index (χ4v) is 6.05. The van der Waals surface area contributed by atoms with E-state index in [1.54, 1.807) is 0 Å². The molecule has 0 saturated carbocycles. The van der Waals surface area contributed by atoms with E-state index in [-0.39, 0.29) is 12.4 Å². The molecule has 0 atom stereocenters. The van der Waals surface area contributed by atoms with Gasteiger partial charge in [-0.25, -0.2) is 0 Å². The van der Waals surface area contributed by atoms with Crippen molar-refractivity contribution < 1.29 is 16.9 Å².